The van der Waals surface area contributed by atoms with Crippen LogP contribution >= 0.6 is 0 Å². The van der Waals surface area contributed by atoms with Crippen molar-refractivity contribution in [2.75, 3.05) is 13.2 Å². The van der Waals surface area contributed by atoms with Crippen LogP contribution in [0, 0.1) is 0 Å². The molecule has 0 bridgehead atoms. The van der Waals surface area contributed by atoms with Crippen LogP contribution in [0.15, 0.2) is 22.5 Å². The summed E-state index contributed by atoms with van der Waals surface area (Å²) in [7, 11) is 0. The van der Waals surface area contributed by atoms with Gasteiger partial charge in [-0.25, -0.2) is 20.2 Å². The van der Waals surface area contributed by atoms with Crippen LogP contribution in [0.2, 0.25) is 0 Å². The molecule has 0 aliphatic carbocycles. The average Bonchev–Trinajstić information content (AvgIpc) is 3.77. The first kappa shape index (κ1) is 40.6. The zero-order chi connectivity index (χ0) is 37.9. The van der Waals surface area contributed by atoms with Gasteiger partial charge in [-0.05, 0) is 65.2 Å². The lowest BCUT2D eigenvalue weighted by Gasteiger charge is -2.33. The van der Waals surface area contributed by atoms with Crippen LogP contribution in [0.3, 0.4) is 0 Å². The van der Waals surface area contributed by atoms with Crippen molar-refractivity contribution < 1.29 is 28.2 Å². The molecule has 0 aromatic rings. The maximum Gasteiger partial charge on any atom is 0.351 e. The van der Waals surface area contributed by atoms with Gasteiger partial charge in [0.15, 0.2) is 0 Å². The van der Waals surface area contributed by atoms with E-state index in [-0.39, 0.29) is 24.0 Å². The smallest absolute Gasteiger partial charge is 0.351 e. The Balaban J connectivity index is 0.886. The number of guanidine groups is 2. The molecule has 2 fully saturated rings. The van der Waals surface area contributed by atoms with Gasteiger partial charge in [-0.15, -0.1) is 0 Å². The summed E-state index contributed by atoms with van der Waals surface area (Å²) in [6.45, 7) is 9.21. The van der Waals surface area contributed by atoms with Crippen molar-refractivity contribution >= 4 is 23.9 Å². The predicted octanol–water partition coefficient (Wildman–Crippen LogP) is 7.41. The van der Waals surface area contributed by atoms with E-state index in [1.54, 1.807) is 0 Å². The molecule has 302 valence electrons. The van der Waals surface area contributed by atoms with E-state index in [1.807, 2.05) is 13.8 Å². The summed E-state index contributed by atoms with van der Waals surface area (Å²) in [6, 6.07) is 2.09. The van der Waals surface area contributed by atoms with Gasteiger partial charge in [-0.3, -0.25) is 19.8 Å². The molecule has 6 rings (SSSR count). The van der Waals surface area contributed by atoms with E-state index in [2.05, 4.69) is 44.3 Å². The molecule has 0 amide bonds. The highest BCUT2D eigenvalue weighted by Gasteiger charge is 2.49. The molecule has 0 unspecified atom stereocenters. The Hall–Kier alpha value is -3.04. The van der Waals surface area contributed by atoms with Crippen molar-refractivity contribution in [3.8, 4) is 0 Å². The third kappa shape index (κ3) is 10.0. The quantitative estimate of drug-likeness (QED) is 0.0487. The van der Waals surface area contributed by atoms with Gasteiger partial charge in [0, 0.05) is 12.8 Å². The summed E-state index contributed by atoms with van der Waals surface area (Å²) >= 11 is 0. The lowest BCUT2D eigenvalue weighted by molar-refractivity contribution is -0.581. The fourth-order valence-electron chi connectivity index (χ4n) is 10.3. The average molecular weight is 751 g/mol. The van der Waals surface area contributed by atoms with E-state index in [4.69, 9.17) is 9.47 Å². The molecule has 0 saturated carbocycles. The fraction of sp³-hybridized carbons (Fsp3) is 0.818. The second kappa shape index (κ2) is 20.2. The molecule has 6 atom stereocenters. The zero-order valence-corrected chi connectivity index (χ0v) is 34.4. The third-order valence-corrected chi connectivity index (χ3v) is 13.2. The number of ether oxygens (including phenoxy) is 2. The van der Waals surface area contributed by atoms with E-state index in [1.165, 1.54) is 103 Å². The Labute approximate surface area is 326 Å². The summed E-state index contributed by atoms with van der Waals surface area (Å²) < 4.78 is 16.5. The van der Waals surface area contributed by atoms with Crippen LogP contribution in [-0.4, -0.2) is 82.5 Å². The van der Waals surface area contributed by atoms with Crippen molar-refractivity contribution in [2.45, 2.75) is 218 Å². The van der Waals surface area contributed by atoms with Crippen molar-refractivity contribution in [1.82, 2.24) is 21.3 Å². The van der Waals surface area contributed by atoms with E-state index in [9.17, 15) is 9.59 Å². The Bertz CT molecular complexity index is 1330. The van der Waals surface area contributed by atoms with Crippen molar-refractivity contribution in [2.24, 2.45) is 0 Å². The number of nitrogens with zero attached hydrogens (tertiary/aromatic N) is 2. The first-order valence-corrected chi connectivity index (χ1v) is 22.5. The lowest BCUT2D eigenvalue weighted by atomic mass is 9.97. The first-order chi connectivity index (χ1) is 26.4. The van der Waals surface area contributed by atoms with Gasteiger partial charge in [-0.2, -0.15) is 0 Å². The molecule has 6 heterocycles. The molecular formula is C44H74N6O4+2. The van der Waals surface area contributed by atoms with Gasteiger partial charge >= 0.3 is 23.9 Å². The van der Waals surface area contributed by atoms with Gasteiger partial charge < -0.3 is 9.47 Å². The number of nitrogens with one attached hydrogen (secondary N) is 4. The second-order valence-corrected chi connectivity index (χ2v) is 17.3. The summed E-state index contributed by atoms with van der Waals surface area (Å²) in [5, 5.41) is 14.7. The van der Waals surface area contributed by atoms with E-state index >= 15 is 0 Å². The molecular weight excluding hydrogens is 677 g/mol. The lowest BCUT2D eigenvalue weighted by Crippen LogP contribution is -2.59. The summed E-state index contributed by atoms with van der Waals surface area (Å²) in [5.74, 6) is 1.72. The molecule has 0 aromatic heterocycles. The third-order valence-electron chi connectivity index (χ3n) is 13.2. The van der Waals surface area contributed by atoms with Crippen LogP contribution in [0.25, 0.3) is 0 Å². The first-order valence-electron chi connectivity index (χ1n) is 22.5. The molecule has 10 nitrogen and oxygen atoms in total. The molecule has 2 saturated heterocycles. The van der Waals surface area contributed by atoms with Crippen LogP contribution in [0.4, 0.5) is 0 Å². The molecule has 4 N–H and O–H groups in total. The van der Waals surface area contributed by atoms with Gasteiger partial charge in [0.05, 0.1) is 48.8 Å². The number of esters is 2. The summed E-state index contributed by atoms with van der Waals surface area (Å²) in [5.41, 5.74) is 3.35. The summed E-state index contributed by atoms with van der Waals surface area (Å²) in [6.07, 6.45) is 28.9. The maximum atomic E-state index is 13.4. The minimum Gasteiger partial charge on any atom is -0.462 e. The fourth-order valence-corrected chi connectivity index (χ4v) is 10.3. The highest BCUT2D eigenvalue weighted by molar-refractivity contribution is 5.94. The molecule has 0 spiro atoms. The SMILES string of the molecule is CCCCCCCCC[C@H]1C[C@H]2CC[C@H]3C(C(=O)OCCCCOC(=O)C4=C(C)NC5=[N+]6[C@H](CC[C@@H]46)C[C@H](CCCCCCCCC)N5)=C(C)NC(=[N+]23)N1. The molecule has 0 aromatic carbocycles. The van der Waals surface area contributed by atoms with E-state index in [0.29, 0.717) is 50.2 Å². The highest BCUT2D eigenvalue weighted by Crippen LogP contribution is 2.36. The van der Waals surface area contributed by atoms with Crippen LogP contribution in [0.5, 0.6) is 0 Å². The van der Waals surface area contributed by atoms with Crippen LogP contribution in [0.1, 0.15) is 182 Å². The Morgan fingerprint density at radius 1 is 0.556 bits per heavy atom. The molecule has 54 heavy (non-hydrogen) atoms. The largest absolute Gasteiger partial charge is 0.462 e. The highest BCUT2D eigenvalue weighted by atomic mass is 16.5. The Kier molecular flexibility index (Phi) is 15.2. The zero-order valence-electron chi connectivity index (χ0n) is 34.4. The topological polar surface area (TPSA) is 107 Å². The normalized spacial score (nSPS) is 26.9. The molecule has 0 radical (unpaired) electrons. The Morgan fingerprint density at radius 2 is 0.944 bits per heavy atom. The molecule has 6 aliphatic heterocycles. The number of rotatable bonds is 23. The predicted molar refractivity (Wildman–Crippen MR) is 215 cm³/mol. The van der Waals surface area contributed by atoms with Crippen molar-refractivity contribution in [3.05, 3.63) is 22.5 Å². The second-order valence-electron chi connectivity index (χ2n) is 17.3. The van der Waals surface area contributed by atoms with Gasteiger partial charge in [-0.1, -0.05) is 104 Å². The van der Waals surface area contributed by atoms with Crippen LogP contribution < -0.4 is 21.3 Å². The maximum absolute atomic E-state index is 13.4. The Morgan fingerprint density at radius 3 is 1.35 bits per heavy atom. The van der Waals surface area contributed by atoms with Gasteiger partial charge in [0.2, 0.25) is 0 Å². The monoisotopic (exact) mass is 751 g/mol. The van der Waals surface area contributed by atoms with E-state index < -0.39 is 0 Å². The minimum atomic E-state index is -0.219. The number of unbranched alkanes of at least 4 members (excludes halogenated alkanes) is 13. The number of hydrogen-bond acceptors (Lipinski definition) is 8. The summed E-state index contributed by atoms with van der Waals surface area (Å²) in [4.78, 5) is 26.8. The molecule has 10 heteroatoms. The standard InChI is InChI=1S/C44H72N6O4/c1-5-7-9-11-13-15-17-21-33-29-35-23-25-37-39(31(3)45-43(47-33)49(35)37)41(51)53-27-19-20-28-54-42(52)40-32(4)46-44-48-34(22-18-16-14-12-10-8-6-2)30-36-24-26-38(40)50(36)44/h33-38H,5-30H2,1-4H3,(H2,45,46,47,48,51,52)/p+2/t33-,34-,35+,36+,37-,38-/m0/s1. The number of carbonyl (C=O) groups excluding carboxylic acids is 2. The van der Waals surface area contributed by atoms with E-state index in [0.717, 1.165) is 73.0 Å². The van der Waals surface area contributed by atoms with Gasteiger partial charge in [0.25, 0.3) is 0 Å². The van der Waals surface area contributed by atoms with Crippen LogP contribution in [-0.2, 0) is 19.1 Å². The van der Waals surface area contributed by atoms with Crippen molar-refractivity contribution in [3.63, 3.8) is 0 Å². The van der Waals surface area contributed by atoms with Gasteiger partial charge in [0.1, 0.15) is 23.2 Å². The van der Waals surface area contributed by atoms with Crippen molar-refractivity contribution in [1.29, 1.82) is 0 Å². The number of carbonyl (C=O) groups is 2. The molecule has 6 aliphatic rings. The number of hydrogen-bond donors (Lipinski definition) is 4. The number of allylic oxidation sites excluding steroid dienone is 2. The minimum absolute atomic E-state index is 0.0754.